The Labute approximate surface area is 151 Å². The van der Waals surface area contributed by atoms with Crippen LogP contribution in [-0.4, -0.2) is 49.7 Å². The van der Waals surface area contributed by atoms with E-state index in [1.54, 1.807) is 33.5 Å². The highest BCUT2D eigenvalue weighted by atomic mass is 32.2. The minimum Gasteiger partial charge on any atom is -0.339 e. The summed E-state index contributed by atoms with van der Waals surface area (Å²) in [5.74, 6) is -0.0809. The molecule has 0 atom stereocenters. The predicted octanol–water partition coefficient (Wildman–Crippen LogP) is 3.27. The zero-order valence-corrected chi connectivity index (χ0v) is 15.8. The van der Waals surface area contributed by atoms with Gasteiger partial charge in [-0.25, -0.2) is 8.42 Å². The molecule has 2 aliphatic rings. The van der Waals surface area contributed by atoms with Crippen molar-refractivity contribution in [2.45, 2.75) is 62.3 Å². The summed E-state index contributed by atoms with van der Waals surface area (Å²) in [5, 5.41) is 0. The minimum absolute atomic E-state index is 0.0809. The average molecular weight is 365 g/mol. The van der Waals surface area contributed by atoms with Crippen LogP contribution in [0.25, 0.3) is 0 Å². The lowest BCUT2D eigenvalue weighted by atomic mass is 9.94. The second-order valence-corrected chi connectivity index (χ2v) is 9.14. The molecule has 1 saturated carbocycles. The molecule has 1 amide bonds. The highest BCUT2D eigenvalue weighted by Crippen LogP contribution is 2.25. The summed E-state index contributed by atoms with van der Waals surface area (Å²) in [7, 11) is -1.67. The van der Waals surface area contributed by atoms with Crippen molar-refractivity contribution in [3.63, 3.8) is 0 Å². The smallest absolute Gasteiger partial charge is 0.253 e. The maximum Gasteiger partial charge on any atom is 0.253 e. The van der Waals surface area contributed by atoms with E-state index in [1.807, 2.05) is 7.05 Å². The van der Waals surface area contributed by atoms with Crippen molar-refractivity contribution in [1.82, 2.24) is 9.21 Å². The number of hydrogen-bond acceptors (Lipinski definition) is 3. The molecule has 5 nitrogen and oxygen atoms in total. The normalized spacial score (nSPS) is 20.4. The van der Waals surface area contributed by atoms with Crippen LogP contribution in [0.2, 0.25) is 0 Å². The van der Waals surface area contributed by atoms with Crippen LogP contribution in [0.4, 0.5) is 0 Å². The van der Waals surface area contributed by atoms with Gasteiger partial charge >= 0.3 is 0 Å². The Bertz CT molecular complexity index is 705. The van der Waals surface area contributed by atoms with E-state index in [2.05, 4.69) is 0 Å². The molecule has 1 heterocycles. The molecular formula is C19H28N2O3S. The van der Waals surface area contributed by atoms with Crippen LogP contribution < -0.4 is 0 Å². The van der Waals surface area contributed by atoms with Crippen LogP contribution in [0.15, 0.2) is 29.2 Å². The largest absolute Gasteiger partial charge is 0.339 e. The molecule has 0 aromatic heterocycles. The quantitative estimate of drug-likeness (QED) is 0.824. The topological polar surface area (TPSA) is 57.7 Å². The Morgan fingerprint density at radius 3 is 2.36 bits per heavy atom. The van der Waals surface area contributed by atoms with Gasteiger partial charge in [-0.05, 0) is 43.9 Å². The molecule has 0 N–H and O–H groups in total. The number of piperidine rings is 1. The summed E-state index contributed by atoms with van der Waals surface area (Å²) in [4.78, 5) is 14.8. The molecule has 6 heteroatoms. The SMILES string of the molecule is CN(C(=O)c1cccc(S(=O)(=O)N2CCCCC2)c1)C1CCCCC1. The first-order chi connectivity index (χ1) is 12.0. The first-order valence-corrected chi connectivity index (χ1v) is 10.8. The van der Waals surface area contributed by atoms with E-state index in [1.165, 1.54) is 6.42 Å². The van der Waals surface area contributed by atoms with Crippen LogP contribution in [0.1, 0.15) is 61.7 Å². The Morgan fingerprint density at radius 2 is 1.68 bits per heavy atom. The van der Waals surface area contributed by atoms with Crippen LogP contribution >= 0.6 is 0 Å². The highest BCUT2D eigenvalue weighted by Gasteiger charge is 2.28. The van der Waals surface area contributed by atoms with Crippen molar-refractivity contribution in [3.05, 3.63) is 29.8 Å². The monoisotopic (exact) mass is 364 g/mol. The number of rotatable bonds is 4. The first-order valence-electron chi connectivity index (χ1n) is 9.37. The average Bonchev–Trinajstić information content (AvgIpc) is 2.68. The molecule has 0 spiro atoms. The van der Waals surface area contributed by atoms with E-state index in [4.69, 9.17) is 0 Å². The lowest BCUT2D eigenvalue weighted by molar-refractivity contribution is 0.0696. The second kappa shape index (κ2) is 7.87. The van der Waals surface area contributed by atoms with Gasteiger partial charge in [0.25, 0.3) is 5.91 Å². The summed E-state index contributed by atoms with van der Waals surface area (Å²) >= 11 is 0. The van der Waals surface area contributed by atoms with E-state index in [0.717, 1.165) is 44.9 Å². The van der Waals surface area contributed by atoms with E-state index in [-0.39, 0.29) is 16.8 Å². The highest BCUT2D eigenvalue weighted by molar-refractivity contribution is 7.89. The van der Waals surface area contributed by atoms with Crippen molar-refractivity contribution >= 4 is 15.9 Å². The summed E-state index contributed by atoms with van der Waals surface area (Å²) in [5.41, 5.74) is 0.464. The van der Waals surface area contributed by atoms with E-state index >= 15 is 0 Å². The summed E-state index contributed by atoms with van der Waals surface area (Å²) in [6.45, 7) is 1.14. The molecule has 1 aliphatic heterocycles. The number of benzene rings is 1. The number of sulfonamides is 1. The van der Waals surface area contributed by atoms with Gasteiger partial charge in [0, 0.05) is 31.7 Å². The zero-order chi connectivity index (χ0) is 17.9. The van der Waals surface area contributed by atoms with Gasteiger partial charge in [-0.3, -0.25) is 4.79 Å². The maximum absolute atomic E-state index is 12.8. The molecule has 138 valence electrons. The number of amides is 1. The van der Waals surface area contributed by atoms with Crippen molar-refractivity contribution in [2.24, 2.45) is 0 Å². The van der Waals surface area contributed by atoms with Gasteiger partial charge in [0.1, 0.15) is 0 Å². The Balaban J connectivity index is 1.79. The number of nitrogens with zero attached hydrogens (tertiary/aromatic N) is 2. The maximum atomic E-state index is 12.8. The fourth-order valence-electron chi connectivity index (χ4n) is 3.88. The summed E-state index contributed by atoms with van der Waals surface area (Å²) in [6, 6.07) is 6.81. The lowest BCUT2D eigenvalue weighted by Crippen LogP contribution is -2.38. The fourth-order valence-corrected chi connectivity index (χ4v) is 5.45. The molecule has 1 aliphatic carbocycles. The third-order valence-electron chi connectivity index (χ3n) is 5.48. The molecule has 0 radical (unpaired) electrons. The van der Waals surface area contributed by atoms with Crippen molar-refractivity contribution in [2.75, 3.05) is 20.1 Å². The van der Waals surface area contributed by atoms with Gasteiger partial charge in [0.2, 0.25) is 10.0 Å². The molecule has 1 aromatic rings. The molecule has 0 bridgehead atoms. The standard InChI is InChI=1S/C19H28N2O3S/c1-20(17-10-4-2-5-11-17)19(22)16-9-8-12-18(15-16)25(23,24)21-13-6-3-7-14-21/h8-9,12,15,17H,2-7,10-11,13-14H2,1H3. The van der Waals surface area contributed by atoms with E-state index < -0.39 is 10.0 Å². The van der Waals surface area contributed by atoms with E-state index in [9.17, 15) is 13.2 Å². The first kappa shape index (κ1) is 18.4. The molecule has 3 rings (SSSR count). The molecule has 25 heavy (non-hydrogen) atoms. The minimum atomic E-state index is -3.51. The van der Waals surface area contributed by atoms with Gasteiger partial charge in [0.15, 0.2) is 0 Å². The number of hydrogen-bond donors (Lipinski definition) is 0. The van der Waals surface area contributed by atoms with Gasteiger partial charge < -0.3 is 4.90 Å². The Kier molecular flexibility index (Phi) is 5.79. The molecule has 2 fully saturated rings. The zero-order valence-electron chi connectivity index (χ0n) is 15.0. The van der Waals surface area contributed by atoms with Crippen molar-refractivity contribution in [1.29, 1.82) is 0 Å². The van der Waals surface area contributed by atoms with Crippen LogP contribution in [0, 0.1) is 0 Å². The summed E-state index contributed by atoms with van der Waals surface area (Å²) in [6.07, 6.45) is 8.52. The molecular weight excluding hydrogens is 336 g/mol. The van der Waals surface area contributed by atoms with Gasteiger partial charge in [-0.1, -0.05) is 31.7 Å². The lowest BCUT2D eigenvalue weighted by Gasteiger charge is -2.31. The molecule has 1 aromatic carbocycles. The van der Waals surface area contributed by atoms with Crippen molar-refractivity contribution in [3.8, 4) is 0 Å². The van der Waals surface area contributed by atoms with Crippen molar-refractivity contribution < 1.29 is 13.2 Å². The van der Waals surface area contributed by atoms with E-state index in [0.29, 0.717) is 18.7 Å². The molecule has 1 saturated heterocycles. The van der Waals surface area contributed by atoms with Crippen LogP contribution in [0.5, 0.6) is 0 Å². The third-order valence-corrected chi connectivity index (χ3v) is 7.37. The van der Waals surface area contributed by atoms with Crippen LogP contribution in [0.3, 0.4) is 0 Å². The predicted molar refractivity (Wildman–Crippen MR) is 98.0 cm³/mol. The Hall–Kier alpha value is -1.40. The second-order valence-electron chi connectivity index (χ2n) is 7.20. The number of carbonyl (C=O) groups is 1. The van der Waals surface area contributed by atoms with Gasteiger partial charge in [-0.15, -0.1) is 0 Å². The van der Waals surface area contributed by atoms with Gasteiger partial charge in [0.05, 0.1) is 4.90 Å². The summed E-state index contributed by atoms with van der Waals surface area (Å²) < 4.78 is 27.2. The van der Waals surface area contributed by atoms with Crippen LogP contribution in [-0.2, 0) is 10.0 Å². The third kappa shape index (κ3) is 4.06. The molecule has 0 unspecified atom stereocenters. The Morgan fingerprint density at radius 1 is 1.04 bits per heavy atom. The van der Waals surface area contributed by atoms with Gasteiger partial charge in [-0.2, -0.15) is 4.31 Å². The number of carbonyl (C=O) groups excluding carboxylic acids is 1. The fraction of sp³-hybridized carbons (Fsp3) is 0.632.